The molecule has 0 spiro atoms. The van der Waals surface area contributed by atoms with Crippen LogP contribution in [0.15, 0.2) is 22.7 Å². The predicted molar refractivity (Wildman–Crippen MR) is 78.0 cm³/mol. The molecule has 1 saturated heterocycles. The van der Waals surface area contributed by atoms with Crippen LogP contribution in [0.1, 0.15) is 37.0 Å². The molecule has 2 unspecified atom stereocenters. The first kappa shape index (κ1) is 13.9. The zero-order chi connectivity index (χ0) is 13.3. The molecule has 0 aliphatic carbocycles. The molecule has 1 fully saturated rings. The van der Waals surface area contributed by atoms with E-state index in [-0.39, 0.29) is 5.91 Å². The van der Waals surface area contributed by atoms with Crippen molar-refractivity contribution in [1.82, 2.24) is 4.90 Å². The standard InChI is InChI=1S/C14H17BrClNO/c1-9-6-7-10(2)17(8-9)14(18)11-4-3-5-12(15)13(11)16/h3-5,9-10H,6-8H2,1-2H3. The molecular formula is C14H17BrClNO. The van der Waals surface area contributed by atoms with E-state index in [0.717, 1.165) is 17.4 Å². The molecule has 18 heavy (non-hydrogen) atoms. The predicted octanol–water partition coefficient (Wildman–Crippen LogP) is 4.36. The Bertz CT molecular complexity index is 463. The summed E-state index contributed by atoms with van der Waals surface area (Å²) in [4.78, 5) is 14.5. The second-order valence-corrected chi connectivity index (χ2v) is 6.32. The van der Waals surface area contributed by atoms with Gasteiger partial charge in [0.15, 0.2) is 0 Å². The Balaban J connectivity index is 2.27. The minimum Gasteiger partial charge on any atom is -0.336 e. The van der Waals surface area contributed by atoms with Crippen molar-refractivity contribution in [3.8, 4) is 0 Å². The van der Waals surface area contributed by atoms with E-state index in [2.05, 4.69) is 29.8 Å². The quantitative estimate of drug-likeness (QED) is 0.749. The highest BCUT2D eigenvalue weighted by Crippen LogP contribution is 2.29. The van der Waals surface area contributed by atoms with Gasteiger partial charge in [-0.3, -0.25) is 4.79 Å². The van der Waals surface area contributed by atoms with Crippen LogP contribution in [0.3, 0.4) is 0 Å². The monoisotopic (exact) mass is 329 g/mol. The van der Waals surface area contributed by atoms with Crippen LogP contribution in [-0.4, -0.2) is 23.4 Å². The fraction of sp³-hybridized carbons (Fsp3) is 0.500. The van der Waals surface area contributed by atoms with E-state index in [1.807, 2.05) is 17.0 Å². The van der Waals surface area contributed by atoms with Gasteiger partial charge in [-0.1, -0.05) is 24.6 Å². The first-order valence-corrected chi connectivity index (χ1v) is 7.42. The van der Waals surface area contributed by atoms with Gasteiger partial charge in [-0.25, -0.2) is 0 Å². The molecule has 1 aliphatic heterocycles. The SMILES string of the molecule is CC1CCC(C)N(C(=O)c2cccc(Br)c2Cl)C1. The number of benzene rings is 1. The third-order valence-electron chi connectivity index (χ3n) is 3.56. The average molecular weight is 331 g/mol. The highest BCUT2D eigenvalue weighted by Gasteiger charge is 2.28. The average Bonchev–Trinajstić information content (AvgIpc) is 2.35. The Kier molecular flexibility index (Phi) is 4.33. The summed E-state index contributed by atoms with van der Waals surface area (Å²) < 4.78 is 0.771. The summed E-state index contributed by atoms with van der Waals surface area (Å²) in [5.41, 5.74) is 0.590. The molecule has 2 rings (SSSR count). The molecule has 0 N–H and O–H groups in total. The summed E-state index contributed by atoms with van der Waals surface area (Å²) in [5.74, 6) is 0.608. The van der Waals surface area contributed by atoms with Crippen molar-refractivity contribution in [2.24, 2.45) is 5.92 Å². The number of carbonyl (C=O) groups excluding carboxylic acids is 1. The van der Waals surface area contributed by atoms with Crippen molar-refractivity contribution in [2.45, 2.75) is 32.7 Å². The third kappa shape index (κ3) is 2.72. The summed E-state index contributed by atoms with van der Waals surface area (Å²) >= 11 is 9.56. The molecule has 4 heteroatoms. The van der Waals surface area contributed by atoms with Crippen molar-refractivity contribution in [1.29, 1.82) is 0 Å². The summed E-state index contributed by atoms with van der Waals surface area (Å²) in [5, 5.41) is 0.507. The van der Waals surface area contributed by atoms with Crippen molar-refractivity contribution in [2.75, 3.05) is 6.54 Å². The molecular weight excluding hydrogens is 314 g/mol. The number of rotatable bonds is 1. The van der Waals surface area contributed by atoms with E-state index in [9.17, 15) is 4.79 Å². The molecule has 0 saturated carbocycles. The molecule has 1 aliphatic rings. The normalized spacial score (nSPS) is 24.1. The Morgan fingerprint density at radius 3 is 2.83 bits per heavy atom. The molecule has 98 valence electrons. The number of hydrogen-bond donors (Lipinski definition) is 0. The first-order valence-electron chi connectivity index (χ1n) is 6.25. The van der Waals surface area contributed by atoms with Crippen LogP contribution in [0.2, 0.25) is 5.02 Å². The number of carbonyl (C=O) groups is 1. The molecule has 1 aromatic rings. The van der Waals surface area contributed by atoms with E-state index in [4.69, 9.17) is 11.6 Å². The van der Waals surface area contributed by atoms with E-state index >= 15 is 0 Å². The number of nitrogens with zero attached hydrogens (tertiary/aromatic N) is 1. The van der Waals surface area contributed by atoms with Gasteiger partial charge in [0.2, 0.25) is 0 Å². The summed E-state index contributed by atoms with van der Waals surface area (Å²) in [6.45, 7) is 5.12. The van der Waals surface area contributed by atoms with Gasteiger partial charge in [0.25, 0.3) is 5.91 Å². The van der Waals surface area contributed by atoms with Crippen molar-refractivity contribution >= 4 is 33.4 Å². The van der Waals surface area contributed by atoms with Gasteiger partial charge >= 0.3 is 0 Å². The van der Waals surface area contributed by atoms with Crippen LogP contribution in [0.4, 0.5) is 0 Å². The maximum Gasteiger partial charge on any atom is 0.255 e. The molecule has 1 amide bonds. The lowest BCUT2D eigenvalue weighted by molar-refractivity contribution is 0.0574. The molecule has 2 atom stereocenters. The van der Waals surface area contributed by atoms with Gasteiger partial charge in [-0.2, -0.15) is 0 Å². The molecule has 0 radical (unpaired) electrons. The van der Waals surface area contributed by atoms with Gasteiger partial charge in [0.05, 0.1) is 10.6 Å². The minimum absolute atomic E-state index is 0.0420. The van der Waals surface area contributed by atoms with Gasteiger partial charge in [-0.05, 0) is 53.7 Å². The molecule has 2 nitrogen and oxygen atoms in total. The van der Waals surface area contributed by atoms with Crippen LogP contribution in [-0.2, 0) is 0 Å². The summed E-state index contributed by atoms with van der Waals surface area (Å²) in [6, 6.07) is 5.79. The third-order valence-corrected chi connectivity index (χ3v) is 4.86. The number of piperidine rings is 1. The lowest BCUT2D eigenvalue weighted by atomic mass is 9.94. The molecule has 1 heterocycles. The van der Waals surface area contributed by atoms with Gasteiger partial charge in [0, 0.05) is 17.1 Å². The summed E-state index contributed by atoms with van der Waals surface area (Å²) in [7, 11) is 0. The number of amides is 1. The molecule has 0 aromatic heterocycles. The van der Waals surface area contributed by atoms with Crippen molar-refractivity contribution < 1.29 is 4.79 Å². The highest BCUT2D eigenvalue weighted by molar-refractivity contribution is 9.10. The topological polar surface area (TPSA) is 20.3 Å². The fourth-order valence-corrected chi connectivity index (χ4v) is 2.97. The van der Waals surface area contributed by atoms with Crippen LogP contribution < -0.4 is 0 Å². The van der Waals surface area contributed by atoms with Crippen LogP contribution in [0.5, 0.6) is 0 Å². The smallest absolute Gasteiger partial charge is 0.255 e. The Labute approximate surface area is 121 Å². The van der Waals surface area contributed by atoms with Gasteiger partial charge in [0.1, 0.15) is 0 Å². The van der Waals surface area contributed by atoms with Crippen LogP contribution >= 0.6 is 27.5 Å². The zero-order valence-corrected chi connectivity index (χ0v) is 13.0. The highest BCUT2D eigenvalue weighted by atomic mass is 79.9. The largest absolute Gasteiger partial charge is 0.336 e. The number of likely N-dealkylation sites (tertiary alicyclic amines) is 1. The Morgan fingerprint density at radius 2 is 2.11 bits per heavy atom. The Hall–Kier alpha value is -0.540. The van der Waals surface area contributed by atoms with E-state index in [1.54, 1.807) is 6.07 Å². The minimum atomic E-state index is 0.0420. The van der Waals surface area contributed by atoms with Crippen molar-refractivity contribution in [3.05, 3.63) is 33.3 Å². The van der Waals surface area contributed by atoms with Crippen LogP contribution in [0, 0.1) is 5.92 Å². The fourth-order valence-electron chi connectivity index (χ4n) is 2.40. The van der Waals surface area contributed by atoms with E-state index < -0.39 is 0 Å². The second kappa shape index (κ2) is 5.62. The lowest BCUT2D eigenvalue weighted by Crippen LogP contribution is -2.45. The van der Waals surface area contributed by atoms with Gasteiger partial charge in [-0.15, -0.1) is 0 Å². The molecule has 1 aromatic carbocycles. The number of hydrogen-bond acceptors (Lipinski definition) is 1. The first-order chi connectivity index (χ1) is 8.50. The molecule has 0 bridgehead atoms. The maximum atomic E-state index is 12.5. The maximum absolute atomic E-state index is 12.5. The van der Waals surface area contributed by atoms with Crippen molar-refractivity contribution in [3.63, 3.8) is 0 Å². The van der Waals surface area contributed by atoms with Crippen LogP contribution in [0.25, 0.3) is 0 Å². The Morgan fingerprint density at radius 1 is 1.39 bits per heavy atom. The number of halogens is 2. The summed E-state index contributed by atoms with van der Waals surface area (Å²) in [6.07, 6.45) is 2.26. The zero-order valence-electron chi connectivity index (χ0n) is 10.6. The second-order valence-electron chi connectivity index (χ2n) is 5.09. The van der Waals surface area contributed by atoms with E-state index in [0.29, 0.717) is 22.5 Å². The van der Waals surface area contributed by atoms with E-state index in [1.165, 1.54) is 6.42 Å². The lowest BCUT2D eigenvalue weighted by Gasteiger charge is -2.37. The van der Waals surface area contributed by atoms with Gasteiger partial charge < -0.3 is 4.90 Å².